The summed E-state index contributed by atoms with van der Waals surface area (Å²) in [4.78, 5) is 16.0. The van der Waals surface area contributed by atoms with Crippen LogP contribution in [0.15, 0.2) is 48.8 Å². The van der Waals surface area contributed by atoms with Gasteiger partial charge in [0.2, 0.25) is 0 Å². The number of fused-ring (bicyclic) bond motifs is 1. The molecule has 1 N–H and O–H groups in total. The fourth-order valence-electron chi connectivity index (χ4n) is 2.08. The predicted molar refractivity (Wildman–Crippen MR) is 83.2 cm³/mol. The lowest BCUT2D eigenvalue weighted by atomic mass is 10.3. The van der Waals surface area contributed by atoms with E-state index in [1.165, 1.54) is 12.4 Å². The third-order valence-electron chi connectivity index (χ3n) is 3.30. The highest BCUT2D eigenvalue weighted by atomic mass is 19.4. The Bertz CT molecular complexity index is 893. The molecule has 130 valence electrons. The number of aromatic nitrogens is 3. The number of hydrogen-bond donors (Lipinski definition) is 1. The first-order valence-corrected chi connectivity index (χ1v) is 7.28. The number of nitrogens with zero attached hydrogens (tertiary/aromatic N) is 3. The molecule has 0 aliphatic carbocycles. The quantitative estimate of drug-likeness (QED) is 0.785. The Morgan fingerprint density at radius 2 is 2.00 bits per heavy atom. The number of carbonyl (C=O) groups is 1. The fourth-order valence-corrected chi connectivity index (χ4v) is 2.08. The number of ether oxygens (including phenoxy) is 1. The molecule has 6 nitrogen and oxygen atoms in total. The molecule has 0 spiro atoms. The molecular formula is C16H13F3N4O2. The summed E-state index contributed by atoms with van der Waals surface area (Å²) in [6.07, 6.45) is -2.86. The Balaban J connectivity index is 1.72. The minimum Gasteiger partial charge on any atom is -0.481 e. The highest BCUT2D eigenvalue weighted by molar-refractivity contribution is 5.93. The third-order valence-corrected chi connectivity index (χ3v) is 3.30. The average molecular weight is 350 g/mol. The summed E-state index contributed by atoms with van der Waals surface area (Å²) >= 11 is 0. The van der Waals surface area contributed by atoms with Gasteiger partial charge in [-0.3, -0.25) is 4.79 Å². The zero-order valence-corrected chi connectivity index (χ0v) is 13.0. The first kappa shape index (κ1) is 16.7. The number of halogens is 3. The van der Waals surface area contributed by atoms with E-state index >= 15 is 0 Å². The number of para-hydroxylation sites is 1. The van der Waals surface area contributed by atoms with Gasteiger partial charge in [-0.2, -0.15) is 18.3 Å². The summed E-state index contributed by atoms with van der Waals surface area (Å²) in [6.45, 7) is 1.56. The van der Waals surface area contributed by atoms with Crippen molar-refractivity contribution in [1.29, 1.82) is 0 Å². The van der Waals surface area contributed by atoms with E-state index in [0.717, 1.165) is 10.6 Å². The van der Waals surface area contributed by atoms with Gasteiger partial charge in [0.05, 0.1) is 18.1 Å². The lowest BCUT2D eigenvalue weighted by molar-refractivity contribution is -0.141. The minimum absolute atomic E-state index is 0.0268. The van der Waals surface area contributed by atoms with E-state index < -0.39 is 23.9 Å². The van der Waals surface area contributed by atoms with Crippen LogP contribution in [0.3, 0.4) is 0 Å². The normalized spacial score (nSPS) is 12.8. The van der Waals surface area contributed by atoms with Crippen LogP contribution in [0, 0.1) is 0 Å². The molecule has 0 aliphatic rings. The van der Waals surface area contributed by atoms with Crippen LogP contribution in [-0.2, 0) is 11.0 Å². The third kappa shape index (κ3) is 3.87. The zero-order valence-electron chi connectivity index (χ0n) is 13.0. The van der Waals surface area contributed by atoms with Crippen molar-refractivity contribution in [1.82, 2.24) is 14.6 Å². The fraction of sp³-hybridized carbons (Fsp3) is 0.188. The summed E-state index contributed by atoms with van der Waals surface area (Å²) in [5.74, 6) is 0.0637. The van der Waals surface area contributed by atoms with Crippen LogP contribution in [-0.4, -0.2) is 26.6 Å². The van der Waals surface area contributed by atoms with Crippen LogP contribution in [0.2, 0.25) is 0 Å². The monoisotopic (exact) mass is 350 g/mol. The highest BCUT2D eigenvalue weighted by Crippen LogP contribution is 2.28. The van der Waals surface area contributed by atoms with E-state index in [9.17, 15) is 18.0 Å². The maximum Gasteiger partial charge on any atom is 0.435 e. The van der Waals surface area contributed by atoms with Gasteiger partial charge in [-0.1, -0.05) is 18.2 Å². The standard InChI is InChI=1S/C16H13F3N4O2/c1-10(25-12-5-3-2-4-6-12)15(24)21-11-8-20-14-7-13(16(17,18)19)22-23(14)9-11/h2-10H,1H3,(H,21,24). The molecule has 2 aromatic heterocycles. The second-order valence-electron chi connectivity index (χ2n) is 5.24. The Kier molecular flexibility index (Phi) is 4.30. The Labute approximate surface area is 140 Å². The predicted octanol–water partition coefficient (Wildman–Crippen LogP) is 3.15. The average Bonchev–Trinajstić information content (AvgIpc) is 2.99. The van der Waals surface area contributed by atoms with Crippen LogP contribution in [0.5, 0.6) is 5.75 Å². The smallest absolute Gasteiger partial charge is 0.435 e. The lowest BCUT2D eigenvalue weighted by Crippen LogP contribution is -2.30. The van der Waals surface area contributed by atoms with Crippen molar-refractivity contribution in [2.75, 3.05) is 5.32 Å². The van der Waals surface area contributed by atoms with Gasteiger partial charge in [0.1, 0.15) is 5.75 Å². The number of rotatable bonds is 4. The molecule has 2 heterocycles. The number of carbonyl (C=O) groups excluding carboxylic acids is 1. The summed E-state index contributed by atoms with van der Waals surface area (Å²) < 4.78 is 44.4. The van der Waals surface area contributed by atoms with E-state index in [0.29, 0.717) is 5.75 Å². The van der Waals surface area contributed by atoms with Crippen LogP contribution < -0.4 is 10.1 Å². The van der Waals surface area contributed by atoms with E-state index in [4.69, 9.17) is 4.74 Å². The number of anilines is 1. The molecule has 1 atom stereocenters. The summed E-state index contributed by atoms with van der Waals surface area (Å²) in [5.41, 5.74) is -0.819. The number of benzene rings is 1. The van der Waals surface area contributed by atoms with E-state index in [2.05, 4.69) is 15.4 Å². The Morgan fingerprint density at radius 3 is 2.68 bits per heavy atom. The minimum atomic E-state index is -4.56. The molecule has 1 unspecified atom stereocenters. The molecule has 0 aliphatic heterocycles. The number of alkyl halides is 3. The Morgan fingerprint density at radius 1 is 1.28 bits per heavy atom. The molecule has 9 heteroatoms. The van der Waals surface area contributed by atoms with Crippen molar-refractivity contribution < 1.29 is 22.7 Å². The first-order valence-electron chi connectivity index (χ1n) is 7.28. The number of nitrogens with one attached hydrogen (secondary N) is 1. The van der Waals surface area contributed by atoms with Crippen molar-refractivity contribution in [3.63, 3.8) is 0 Å². The molecule has 3 rings (SSSR count). The van der Waals surface area contributed by atoms with Crippen molar-refractivity contribution in [3.8, 4) is 5.75 Å². The van der Waals surface area contributed by atoms with Gasteiger partial charge in [0, 0.05) is 6.07 Å². The van der Waals surface area contributed by atoms with Gasteiger partial charge in [-0.15, -0.1) is 0 Å². The van der Waals surface area contributed by atoms with Gasteiger partial charge < -0.3 is 10.1 Å². The van der Waals surface area contributed by atoms with Crippen molar-refractivity contribution in [3.05, 3.63) is 54.5 Å². The second kappa shape index (κ2) is 6.42. The number of hydrogen-bond acceptors (Lipinski definition) is 4. The zero-order chi connectivity index (χ0) is 18.0. The summed E-state index contributed by atoms with van der Waals surface area (Å²) in [7, 11) is 0. The molecule has 1 amide bonds. The van der Waals surface area contributed by atoms with Gasteiger partial charge in [0.15, 0.2) is 17.4 Å². The Hall–Kier alpha value is -3.10. The second-order valence-corrected chi connectivity index (χ2v) is 5.24. The molecule has 0 fully saturated rings. The molecule has 1 aromatic carbocycles. The van der Waals surface area contributed by atoms with Gasteiger partial charge >= 0.3 is 6.18 Å². The molecule has 0 radical (unpaired) electrons. The summed E-state index contributed by atoms with van der Waals surface area (Å²) in [6, 6.07) is 9.60. The molecule has 0 saturated heterocycles. The van der Waals surface area contributed by atoms with Crippen LogP contribution >= 0.6 is 0 Å². The van der Waals surface area contributed by atoms with E-state index in [1.54, 1.807) is 31.2 Å². The van der Waals surface area contributed by atoms with E-state index in [-0.39, 0.29) is 11.3 Å². The van der Waals surface area contributed by atoms with Gasteiger partial charge in [-0.05, 0) is 19.1 Å². The molecular weight excluding hydrogens is 337 g/mol. The molecule has 3 aromatic rings. The van der Waals surface area contributed by atoms with Crippen molar-refractivity contribution in [2.24, 2.45) is 0 Å². The van der Waals surface area contributed by atoms with E-state index in [1.807, 2.05) is 6.07 Å². The van der Waals surface area contributed by atoms with Gasteiger partial charge in [-0.25, -0.2) is 9.50 Å². The first-order chi connectivity index (χ1) is 11.8. The maximum absolute atomic E-state index is 12.7. The largest absolute Gasteiger partial charge is 0.481 e. The van der Waals surface area contributed by atoms with Crippen molar-refractivity contribution >= 4 is 17.2 Å². The molecule has 0 saturated carbocycles. The lowest BCUT2D eigenvalue weighted by Gasteiger charge is -2.14. The summed E-state index contributed by atoms with van der Waals surface area (Å²) in [5, 5.41) is 5.94. The topological polar surface area (TPSA) is 68.5 Å². The van der Waals surface area contributed by atoms with Crippen LogP contribution in [0.25, 0.3) is 5.65 Å². The molecule has 0 bridgehead atoms. The highest BCUT2D eigenvalue weighted by Gasteiger charge is 2.34. The van der Waals surface area contributed by atoms with Gasteiger partial charge in [0.25, 0.3) is 5.91 Å². The number of amides is 1. The van der Waals surface area contributed by atoms with Crippen LogP contribution in [0.4, 0.5) is 18.9 Å². The van der Waals surface area contributed by atoms with Crippen LogP contribution in [0.1, 0.15) is 12.6 Å². The molecule has 25 heavy (non-hydrogen) atoms. The SMILES string of the molecule is CC(Oc1ccccc1)C(=O)Nc1cnc2cc(C(F)(F)F)nn2c1. The maximum atomic E-state index is 12.7. The van der Waals surface area contributed by atoms with Crippen molar-refractivity contribution in [2.45, 2.75) is 19.2 Å².